The van der Waals surface area contributed by atoms with Crippen LogP contribution in [-0.2, 0) is 6.54 Å². The third kappa shape index (κ3) is 9.39. The Morgan fingerprint density at radius 3 is 2.17 bits per heavy atom. The molecule has 0 aliphatic carbocycles. The van der Waals surface area contributed by atoms with Gasteiger partial charge < -0.3 is 4.74 Å². The van der Waals surface area contributed by atoms with Crippen molar-refractivity contribution in [2.45, 2.75) is 77.7 Å². The number of ketones is 1. The highest BCUT2D eigenvalue weighted by Crippen LogP contribution is 2.13. The zero-order chi connectivity index (χ0) is 21.4. The topological polar surface area (TPSA) is 30.2 Å². The number of unbranched alkanes of at least 4 members (excludes halogenated alkanes) is 9. The number of methoxy groups -OCH3 is 1. The number of hydrogen-bond acceptors (Lipinski definition) is 2. The van der Waals surface area contributed by atoms with E-state index in [0.717, 1.165) is 17.9 Å². The fourth-order valence-electron chi connectivity index (χ4n) is 3.59. The van der Waals surface area contributed by atoms with E-state index in [4.69, 9.17) is 4.74 Å². The van der Waals surface area contributed by atoms with Gasteiger partial charge in [0.2, 0.25) is 0 Å². The fourth-order valence-corrected chi connectivity index (χ4v) is 3.59. The van der Waals surface area contributed by atoms with E-state index in [1.807, 2.05) is 30.3 Å². The van der Waals surface area contributed by atoms with Crippen LogP contribution in [0.5, 0.6) is 5.75 Å². The lowest BCUT2D eigenvalue weighted by Crippen LogP contribution is -2.32. The number of carbonyl (C=O) groups excluding carboxylic acids is 1. The van der Waals surface area contributed by atoms with E-state index in [2.05, 4.69) is 23.9 Å². The largest absolute Gasteiger partial charge is 0.497 e. The summed E-state index contributed by atoms with van der Waals surface area (Å²) in [4.78, 5) is 12.3. The van der Waals surface area contributed by atoms with Crippen molar-refractivity contribution in [3.05, 3.63) is 66.0 Å². The SMILES string of the molecule is CCCCCCCCCCCC[n+]1cccc(/C=C/C(=O)c2ccc(OC)cc2)c1. The fraction of sp³-hybridized carbons (Fsp3) is 0.481. The van der Waals surface area contributed by atoms with Crippen LogP contribution >= 0.6 is 0 Å². The summed E-state index contributed by atoms with van der Waals surface area (Å²) >= 11 is 0. The second kappa shape index (κ2) is 14.5. The molecule has 1 aromatic heterocycles. The third-order valence-electron chi connectivity index (χ3n) is 5.45. The van der Waals surface area contributed by atoms with Crippen LogP contribution in [0.2, 0.25) is 0 Å². The first-order valence-corrected chi connectivity index (χ1v) is 11.6. The number of pyridine rings is 1. The molecule has 3 heteroatoms. The summed E-state index contributed by atoms with van der Waals surface area (Å²) in [6.45, 7) is 3.30. The molecule has 0 unspecified atom stereocenters. The molecule has 0 radical (unpaired) electrons. The van der Waals surface area contributed by atoms with E-state index in [9.17, 15) is 4.79 Å². The minimum Gasteiger partial charge on any atom is -0.497 e. The minimum atomic E-state index is 0.00255. The van der Waals surface area contributed by atoms with Crippen LogP contribution in [0.4, 0.5) is 0 Å². The molecule has 0 amide bonds. The van der Waals surface area contributed by atoms with Gasteiger partial charge in [-0.25, -0.2) is 4.57 Å². The minimum absolute atomic E-state index is 0.00255. The molecule has 0 spiro atoms. The molecule has 0 N–H and O–H groups in total. The first-order valence-electron chi connectivity index (χ1n) is 11.6. The van der Waals surface area contributed by atoms with Gasteiger partial charge in [0.15, 0.2) is 18.2 Å². The Labute approximate surface area is 182 Å². The van der Waals surface area contributed by atoms with Crippen molar-refractivity contribution in [2.75, 3.05) is 7.11 Å². The van der Waals surface area contributed by atoms with E-state index in [1.54, 1.807) is 25.3 Å². The molecule has 0 aliphatic rings. The third-order valence-corrected chi connectivity index (χ3v) is 5.45. The number of aromatic nitrogens is 1. The molecule has 0 saturated carbocycles. The number of benzene rings is 1. The molecule has 0 fully saturated rings. The summed E-state index contributed by atoms with van der Waals surface area (Å²) < 4.78 is 7.36. The highest BCUT2D eigenvalue weighted by atomic mass is 16.5. The smallest absolute Gasteiger partial charge is 0.185 e. The maximum Gasteiger partial charge on any atom is 0.185 e. The summed E-state index contributed by atoms with van der Waals surface area (Å²) in [5, 5.41) is 0. The van der Waals surface area contributed by atoms with Gasteiger partial charge in [0.05, 0.1) is 7.11 Å². The van der Waals surface area contributed by atoms with Crippen molar-refractivity contribution in [3.63, 3.8) is 0 Å². The first kappa shape index (κ1) is 23.9. The van der Waals surface area contributed by atoms with E-state index in [0.29, 0.717) is 5.56 Å². The van der Waals surface area contributed by atoms with E-state index >= 15 is 0 Å². The number of carbonyl (C=O) groups is 1. The lowest BCUT2D eigenvalue weighted by Gasteiger charge is -2.02. The molecular formula is C27H38NO2+. The molecule has 2 aromatic rings. The molecule has 2 rings (SSSR count). The maximum absolute atomic E-state index is 12.3. The zero-order valence-electron chi connectivity index (χ0n) is 18.8. The van der Waals surface area contributed by atoms with Gasteiger partial charge in [-0.3, -0.25) is 4.79 Å². The molecule has 0 bridgehead atoms. The van der Waals surface area contributed by atoms with Gasteiger partial charge in [0.1, 0.15) is 12.3 Å². The summed E-state index contributed by atoms with van der Waals surface area (Å²) in [6.07, 6.45) is 21.3. The summed E-state index contributed by atoms with van der Waals surface area (Å²) in [7, 11) is 1.62. The number of ether oxygens (including phenoxy) is 1. The highest BCUT2D eigenvalue weighted by Gasteiger charge is 2.04. The Morgan fingerprint density at radius 2 is 1.53 bits per heavy atom. The summed E-state index contributed by atoms with van der Waals surface area (Å²) in [5.41, 5.74) is 1.72. The number of hydrogen-bond donors (Lipinski definition) is 0. The second-order valence-electron chi connectivity index (χ2n) is 7.98. The summed E-state index contributed by atoms with van der Waals surface area (Å²) in [6, 6.07) is 11.3. The van der Waals surface area contributed by atoms with Crippen LogP contribution in [0, 0.1) is 0 Å². The van der Waals surface area contributed by atoms with Crippen molar-refractivity contribution >= 4 is 11.9 Å². The van der Waals surface area contributed by atoms with Gasteiger partial charge in [0.25, 0.3) is 0 Å². The van der Waals surface area contributed by atoms with Crippen LogP contribution in [-0.4, -0.2) is 12.9 Å². The van der Waals surface area contributed by atoms with Crippen LogP contribution in [0.1, 0.15) is 87.1 Å². The predicted octanol–water partition coefficient (Wildman–Crippen LogP) is 6.80. The average molecular weight is 409 g/mol. The van der Waals surface area contributed by atoms with E-state index in [-0.39, 0.29) is 5.78 Å². The van der Waals surface area contributed by atoms with Crippen molar-refractivity contribution in [2.24, 2.45) is 0 Å². The van der Waals surface area contributed by atoms with Crippen LogP contribution in [0.3, 0.4) is 0 Å². The van der Waals surface area contributed by atoms with Gasteiger partial charge in [-0.15, -0.1) is 0 Å². The molecular weight excluding hydrogens is 370 g/mol. The molecule has 162 valence electrons. The Kier molecular flexibility index (Phi) is 11.6. The molecule has 0 aliphatic heterocycles. The Bertz CT molecular complexity index is 765. The number of allylic oxidation sites excluding steroid dienone is 1. The Morgan fingerprint density at radius 1 is 0.900 bits per heavy atom. The lowest BCUT2D eigenvalue weighted by molar-refractivity contribution is -0.697. The maximum atomic E-state index is 12.3. The molecule has 0 saturated heterocycles. The van der Waals surface area contributed by atoms with E-state index < -0.39 is 0 Å². The zero-order valence-corrected chi connectivity index (χ0v) is 18.8. The normalized spacial score (nSPS) is 11.1. The van der Waals surface area contributed by atoms with Crippen LogP contribution in [0.15, 0.2) is 54.9 Å². The average Bonchev–Trinajstić information content (AvgIpc) is 2.79. The van der Waals surface area contributed by atoms with Gasteiger partial charge in [-0.05, 0) is 48.9 Å². The first-order chi connectivity index (χ1) is 14.7. The van der Waals surface area contributed by atoms with Gasteiger partial charge >= 0.3 is 0 Å². The molecule has 1 heterocycles. The van der Waals surface area contributed by atoms with Gasteiger partial charge in [0, 0.05) is 23.6 Å². The summed E-state index contributed by atoms with van der Waals surface area (Å²) in [5.74, 6) is 0.759. The molecule has 1 aromatic carbocycles. The number of aryl methyl sites for hydroxylation is 1. The Hall–Kier alpha value is -2.42. The van der Waals surface area contributed by atoms with Crippen LogP contribution < -0.4 is 9.30 Å². The van der Waals surface area contributed by atoms with Crippen molar-refractivity contribution < 1.29 is 14.1 Å². The molecule has 30 heavy (non-hydrogen) atoms. The lowest BCUT2D eigenvalue weighted by atomic mass is 10.1. The van der Waals surface area contributed by atoms with E-state index in [1.165, 1.54) is 64.2 Å². The van der Waals surface area contributed by atoms with Crippen LogP contribution in [0.25, 0.3) is 6.08 Å². The standard InChI is InChI=1S/C27H38NO2/c1-3-4-5-6-7-8-9-10-11-12-21-28-22-13-14-24(23-28)15-20-27(29)25-16-18-26(30-2)19-17-25/h13-20,22-23H,3-12,21H2,1-2H3/q+1/b20-15+. The number of rotatable bonds is 15. The van der Waals surface area contributed by atoms with Gasteiger partial charge in [-0.2, -0.15) is 0 Å². The highest BCUT2D eigenvalue weighted by molar-refractivity contribution is 6.06. The quantitative estimate of drug-likeness (QED) is 0.140. The van der Waals surface area contributed by atoms with Crippen molar-refractivity contribution in [3.8, 4) is 5.75 Å². The molecule has 3 nitrogen and oxygen atoms in total. The second-order valence-corrected chi connectivity index (χ2v) is 7.98. The van der Waals surface area contributed by atoms with Crippen molar-refractivity contribution in [1.29, 1.82) is 0 Å². The molecule has 0 atom stereocenters. The van der Waals surface area contributed by atoms with Crippen molar-refractivity contribution in [1.82, 2.24) is 0 Å². The monoisotopic (exact) mass is 408 g/mol. The predicted molar refractivity (Wildman–Crippen MR) is 125 cm³/mol. The Balaban J connectivity index is 1.68. The number of nitrogens with zero attached hydrogens (tertiary/aromatic N) is 1. The van der Waals surface area contributed by atoms with Gasteiger partial charge in [-0.1, -0.05) is 58.3 Å².